The van der Waals surface area contributed by atoms with E-state index in [1.165, 1.54) is 19.3 Å². The van der Waals surface area contributed by atoms with Gasteiger partial charge in [0, 0.05) is 24.8 Å². The number of nitrogens with one attached hydrogen (secondary N) is 1. The fraction of sp³-hybridized carbons (Fsp3) is 0.588. The third-order valence-electron chi connectivity index (χ3n) is 4.04. The molecule has 1 saturated carbocycles. The van der Waals surface area contributed by atoms with Gasteiger partial charge in [-0.25, -0.2) is 0 Å². The van der Waals surface area contributed by atoms with Crippen molar-refractivity contribution in [3.63, 3.8) is 0 Å². The van der Waals surface area contributed by atoms with Crippen LogP contribution in [0.25, 0.3) is 0 Å². The lowest BCUT2D eigenvalue weighted by Crippen LogP contribution is -2.38. The Kier molecular flexibility index (Phi) is 5.05. The average molecular weight is 274 g/mol. The van der Waals surface area contributed by atoms with Crippen molar-refractivity contribution in [1.82, 2.24) is 4.90 Å². The topological polar surface area (TPSA) is 32.3 Å². The van der Waals surface area contributed by atoms with Gasteiger partial charge >= 0.3 is 0 Å². The Morgan fingerprint density at radius 1 is 1.20 bits per heavy atom. The number of para-hydroxylation sites is 1. The first-order chi connectivity index (χ1) is 9.59. The Morgan fingerprint density at radius 3 is 2.50 bits per heavy atom. The monoisotopic (exact) mass is 274 g/mol. The zero-order valence-corrected chi connectivity index (χ0v) is 12.9. The molecule has 0 saturated heterocycles. The molecule has 0 radical (unpaired) electrons. The summed E-state index contributed by atoms with van der Waals surface area (Å²) in [4.78, 5) is 14.7. The summed E-state index contributed by atoms with van der Waals surface area (Å²) in [5.41, 5.74) is 1.73. The van der Waals surface area contributed by atoms with E-state index in [4.69, 9.17) is 0 Å². The molecule has 1 aliphatic carbocycles. The van der Waals surface area contributed by atoms with E-state index in [0.717, 1.165) is 24.1 Å². The number of benzene rings is 1. The van der Waals surface area contributed by atoms with E-state index in [9.17, 15) is 4.79 Å². The van der Waals surface area contributed by atoms with Gasteiger partial charge in [0.1, 0.15) is 0 Å². The van der Waals surface area contributed by atoms with Crippen molar-refractivity contribution in [2.75, 3.05) is 12.4 Å². The summed E-state index contributed by atoms with van der Waals surface area (Å²) >= 11 is 0. The maximum atomic E-state index is 12.7. The number of carbonyl (C=O) groups excluding carboxylic acids is 1. The van der Waals surface area contributed by atoms with Crippen LogP contribution >= 0.6 is 0 Å². The molecule has 3 nitrogen and oxygen atoms in total. The molecule has 0 atom stereocenters. The molecule has 0 heterocycles. The van der Waals surface area contributed by atoms with Gasteiger partial charge in [-0.15, -0.1) is 0 Å². The maximum Gasteiger partial charge on any atom is 0.255 e. The van der Waals surface area contributed by atoms with Crippen LogP contribution in [0.5, 0.6) is 0 Å². The second kappa shape index (κ2) is 6.78. The van der Waals surface area contributed by atoms with Crippen LogP contribution in [0.3, 0.4) is 0 Å². The van der Waals surface area contributed by atoms with Gasteiger partial charge in [0.15, 0.2) is 0 Å². The molecule has 0 spiro atoms. The minimum absolute atomic E-state index is 0.139. The van der Waals surface area contributed by atoms with E-state index in [-0.39, 0.29) is 5.91 Å². The zero-order chi connectivity index (χ0) is 14.5. The Hall–Kier alpha value is -1.51. The van der Waals surface area contributed by atoms with Crippen molar-refractivity contribution in [3.8, 4) is 0 Å². The van der Waals surface area contributed by atoms with E-state index >= 15 is 0 Å². The van der Waals surface area contributed by atoms with E-state index in [1.807, 2.05) is 36.2 Å². The van der Waals surface area contributed by atoms with E-state index in [2.05, 4.69) is 19.2 Å². The largest absolute Gasteiger partial charge is 0.382 e. The summed E-state index contributed by atoms with van der Waals surface area (Å²) in [7, 11) is 1.95. The number of carbonyl (C=O) groups is 1. The lowest BCUT2D eigenvalue weighted by Gasteiger charge is -2.32. The third kappa shape index (κ3) is 3.53. The van der Waals surface area contributed by atoms with Crippen LogP contribution in [0.15, 0.2) is 24.3 Å². The maximum absolute atomic E-state index is 12.7. The molecule has 2 rings (SSSR count). The molecule has 1 aromatic carbocycles. The minimum atomic E-state index is 0.139. The van der Waals surface area contributed by atoms with Crippen molar-refractivity contribution >= 4 is 11.6 Å². The highest BCUT2D eigenvalue weighted by molar-refractivity contribution is 5.99. The van der Waals surface area contributed by atoms with Gasteiger partial charge in [-0.1, -0.05) is 31.4 Å². The van der Waals surface area contributed by atoms with Crippen LogP contribution in [0.1, 0.15) is 56.3 Å². The van der Waals surface area contributed by atoms with Crippen molar-refractivity contribution in [3.05, 3.63) is 29.8 Å². The first-order valence-electron chi connectivity index (χ1n) is 7.72. The van der Waals surface area contributed by atoms with Gasteiger partial charge in [-0.2, -0.15) is 0 Å². The normalized spacial score (nSPS) is 16.2. The Balaban J connectivity index is 2.15. The molecular weight excluding hydrogens is 248 g/mol. The molecule has 0 bridgehead atoms. The van der Waals surface area contributed by atoms with Crippen LogP contribution in [0.2, 0.25) is 0 Å². The smallest absolute Gasteiger partial charge is 0.255 e. The predicted molar refractivity (Wildman–Crippen MR) is 84.2 cm³/mol. The molecular formula is C17H26N2O. The van der Waals surface area contributed by atoms with Crippen molar-refractivity contribution < 1.29 is 4.79 Å². The molecule has 0 aromatic heterocycles. The quantitative estimate of drug-likeness (QED) is 0.902. The number of hydrogen-bond donors (Lipinski definition) is 1. The summed E-state index contributed by atoms with van der Waals surface area (Å²) in [6, 6.07) is 8.55. The number of nitrogens with zero attached hydrogens (tertiary/aromatic N) is 1. The molecule has 110 valence electrons. The molecule has 0 unspecified atom stereocenters. The highest BCUT2D eigenvalue weighted by atomic mass is 16.2. The molecule has 1 N–H and O–H groups in total. The first-order valence-corrected chi connectivity index (χ1v) is 7.72. The number of anilines is 1. The molecule has 1 fully saturated rings. The first kappa shape index (κ1) is 14.9. The van der Waals surface area contributed by atoms with Crippen LogP contribution in [0, 0.1) is 0 Å². The summed E-state index contributed by atoms with van der Waals surface area (Å²) in [5.74, 6) is 0.139. The molecule has 1 aromatic rings. The van der Waals surface area contributed by atoms with E-state index < -0.39 is 0 Å². The van der Waals surface area contributed by atoms with Crippen molar-refractivity contribution in [2.24, 2.45) is 0 Å². The predicted octanol–water partition coefficient (Wildman–Crippen LogP) is 3.91. The fourth-order valence-corrected chi connectivity index (χ4v) is 2.93. The molecule has 3 heteroatoms. The molecule has 1 amide bonds. The number of amides is 1. The van der Waals surface area contributed by atoms with Gasteiger partial charge < -0.3 is 10.2 Å². The summed E-state index contributed by atoms with van der Waals surface area (Å²) in [5, 5.41) is 3.36. The number of hydrogen-bond acceptors (Lipinski definition) is 2. The average Bonchev–Trinajstić information content (AvgIpc) is 2.46. The second-order valence-corrected chi connectivity index (χ2v) is 6.05. The minimum Gasteiger partial charge on any atom is -0.382 e. The van der Waals surface area contributed by atoms with Crippen LogP contribution in [-0.2, 0) is 0 Å². The van der Waals surface area contributed by atoms with E-state index in [1.54, 1.807) is 0 Å². The van der Waals surface area contributed by atoms with Crippen LogP contribution in [0.4, 0.5) is 5.69 Å². The van der Waals surface area contributed by atoms with Crippen molar-refractivity contribution in [1.29, 1.82) is 0 Å². The Bertz CT molecular complexity index is 450. The van der Waals surface area contributed by atoms with Gasteiger partial charge in [0.25, 0.3) is 5.91 Å². The summed E-state index contributed by atoms with van der Waals surface area (Å²) in [6.45, 7) is 4.18. The third-order valence-corrected chi connectivity index (χ3v) is 4.04. The summed E-state index contributed by atoms with van der Waals surface area (Å²) in [6.07, 6.45) is 6.08. The second-order valence-electron chi connectivity index (χ2n) is 6.05. The standard InChI is InChI=1S/C17H26N2O/c1-13(2)18-16-12-8-7-11-15(16)17(20)19(3)14-9-5-4-6-10-14/h7-8,11-14,18H,4-6,9-10H2,1-3H3. The molecule has 1 aliphatic rings. The highest BCUT2D eigenvalue weighted by Crippen LogP contribution is 2.25. The van der Waals surface area contributed by atoms with Gasteiger partial charge in [0.2, 0.25) is 0 Å². The number of rotatable bonds is 4. The lowest BCUT2D eigenvalue weighted by molar-refractivity contribution is 0.0697. The highest BCUT2D eigenvalue weighted by Gasteiger charge is 2.24. The molecule has 0 aliphatic heterocycles. The fourth-order valence-electron chi connectivity index (χ4n) is 2.93. The lowest BCUT2D eigenvalue weighted by atomic mass is 9.94. The molecule has 20 heavy (non-hydrogen) atoms. The SMILES string of the molecule is CC(C)Nc1ccccc1C(=O)N(C)C1CCCCC1. The Labute approximate surface area is 122 Å². The van der Waals surface area contributed by atoms with Crippen LogP contribution in [-0.4, -0.2) is 29.9 Å². The summed E-state index contributed by atoms with van der Waals surface area (Å²) < 4.78 is 0. The van der Waals surface area contributed by atoms with E-state index in [0.29, 0.717) is 12.1 Å². The van der Waals surface area contributed by atoms with Crippen molar-refractivity contribution in [2.45, 2.75) is 58.0 Å². The Morgan fingerprint density at radius 2 is 1.85 bits per heavy atom. The van der Waals surface area contributed by atoms with Gasteiger partial charge in [0.05, 0.1) is 5.56 Å². The van der Waals surface area contributed by atoms with Gasteiger partial charge in [-0.3, -0.25) is 4.79 Å². The zero-order valence-electron chi connectivity index (χ0n) is 12.9. The van der Waals surface area contributed by atoms with Crippen LogP contribution < -0.4 is 5.32 Å². The van der Waals surface area contributed by atoms with Gasteiger partial charge in [-0.05, 0) is 38.8 Å².